The number of hydrogen-bond donors (Lipinski definition) is 2. The summed E-state index contributed by atoms with van der Waals surface area (Å²) in [4.78, 5) is 20.6. The van der Waals surface area contributed by atoms with Crippen LogP contribution >= 0.6 is 23.2 Å². The summed E-state index contributed by atoms with van der Waals surface area (Å²) >= 11 is 11.9. The number of rotatable bonds is 2. The minimum absolute atomic E-state index is 0.283. The molecule has 20 heavy (non-hydrogen) atoms. The predicted octanol–water partition coefficient (Wildman–Crippen LogP) is 2.72. The van der Waals surface area contributed by atoms with Gasteiger partial charge >= 0.3 is 0 Å². The Kier molecular flexibility index (Phi) is 3.11. The second kappa shape index (κ2) is 4.81. The lowest BCUT2D eigenvalue weighted by atomic mass is 10.3. The molecule has 0 radical (unpaired) electrons. The zero-order valence-electron chi connectivity index (χ0n) is 10.3. The van der Waals surface area contributed by atoms with Crippen molar-refractivity contribution in [1.82, 2.24) is 20.2 Å². The molecule has 0 amide bonds. The van der Waals surface area contributed by atoms with Gasteiger partial charge in [-0.25, -0.2) is 4.98 Å². The summed E-state index contributed by atoms with van der Waals surface area (Å²) in [5.74, 6) is 0.391. The first-order chi connectivity index (χ1) is 9.56. The third kappa shape index (κ3) is 2.13. The maximum atomic E-state index is 11.9. The maximum Gasteiger partial charge on any atom is 0.278 e. The Labute approximate surface area is 123 Å². The molecule has 2 N–H and O–H groups in total. The molecule has 6 nitrogen and oxygen atoms in total. The maximum absolute atomic E-state index is 11.9. The summed E-state index contributed by atoms with van der Waals surface area (Å²) in [6, 6.07) is 5.17. The van der Waals surface area contributed by atoms with E-state index in [1.165, 1.54) is 6.20 Å². The molecule has 1 aromatic carbocycles. The molecule has 0 spiro atoms. The Bertz CT molecular complexity index is 841. The highest BCUT2D eigenvalue weighted by Crippen LogP contribution is 2.28. The van der Waals surface area contributed by atoms with Crippen LogP contribution in [0.25, 0.3) is 11.0 Å². The van der Waals surface area contributed by atoms with E-state index in [9.17, 15) is 4.79 Å². The minimum Gasteiger partial charge on any atom is -0.315 e. The van der Waals surface area contributed by atoms with E-state index in [4.69, 9.17) is 23.2 Å². The summed E-state index contributed by atoms with van der Waals surface area (Å²) in [5, 5.41) is 7.29. The Hall–Kier alpha value is -2.05. The van der Waals surface area contributed by atoms with Gasteiger partial charge in [-0.2, -0.15) is 5.10 Å². The number of aromatic nitrogens is 4. The van der Waals surface area contributed by atoms with Crippen LogP contribution in [0.5, 0.6) is 0 Å². The second-order valence-corrected chi connectivity index (χ2v) is 4.99. The molecular weight excluding hydrogens is 301 g/mol. The molecule has 0 bridgehead atoms. The van der Waals surface area contributed by atoms with Gasteiger partial charge in [-0.05, 0) is 18.2 Å². The van der Waals surface area contributed by atoms with Crippen molar-refractivity contribution in [2.24, 2.45) is 0 Å². The second-order valence-electron chi connectivity index (χ2n) is 4.18. The van der Waals surface area contributed by atoms with Gasteiger partial charge in [0.1, 0.15) is 11.0 Å². The van der Waals surface area contributed by atoms with E-state index >= 15 is 0 Å². The van der Waals surface area contributed by atoms with Crippen molar-refractivity contribution in [2.75, 3.05) is 11.9 Å². The molecule has 0 unspecified atom stereocenters. The molecule has 2 heterocycles. The van der Waals surface area contributed by atoms with Gasteiger partial charge < -0.3 is 4.90 Å². The molecule has 0 saturated heterocycles. The number of anilines is 2. The smallest absolute Gasteiger partial charge is 0.278 e. The van der Waals surface area contributed by atoms with Crippen LogP contribution in [0.1, 0.15) is 0 Å². The first-order valence-corrected chi connectivity index (χ1v) is 6.44. The third-order valence-corrected chi connectivity index (χ3v) is 3.65. The number of halogens is 2. The fourth-order valence-electron chi connectivity index (χ4n) is 1.81. The monoisotopic (exact) mass is 309 g/mol. The van der Waals surface area contributed by atoms with Gasteiger partial charge in [-0.15, -0.1) is 0 Å². The van der Waals surface area contributed by atoms with E-state index in [0.29, 0.717) is 27.0 Å². The van der Waals surface area contributed by atoms with E-state index in [-0.39, 0.29) is 5.56 Å². The summed E-state index contributed by atoms with van der Waals surface area (Å²) < 4.78 is 0. The number of H-pyrrole nitrogens is 2. The van der Waals surface area contributed by atoms with E-state index in [2.05, 4.69) is 20.2 Å². The highest BCUT2D eigenvalue weighted by molar-refractivity contribution is 6.42. The Morgan fingerprint density at radius 2 is 2.05 bits per heavy atom. The molecule has 3 rings (SSSR count). The van der Waals surface area contributed by atoms with E-state index in [0.717, 1.165) is 5.69 Å². The third-order valence-electron chi connectivity index (χ3n) is 2.91. The number of nitrogens with zero attached hydrogens (tertiary/aromatic N) is 3. The number of benzene rings is 1. The zero-order valence-corrected chi connectivity index (χ0v) is 11.8. The number of fused-ring (bicyclic) bond motifs is 1. The normalized spacial score (nSPS) is 10.9. The molecule has 8 heteroatoms. The average molecular weight is 310 g/mol. The van der Waals surface area contributed by atoms with Gasteiger partial charge in [-0.3, -0.25) is 14.9 Å². The molecule has 0 aliphatic carbocycles. The standard InChI is InChI=1S/C12H9Cl2N5O/c1-19(6-2-3-7(13)8(14)4-6)12-16-9-5-15-18-10(9)11(20)17-12/h2-5H,1H3,(H,15,18)(H,16,17,20). The molecule has 0 fully saturated rings. The summed E-state index contributed by atoms with van der Waals surface area (Å²) in [6.07, 6.45) is 1.50. The van der Waals surface area contributed by atoms with Gasteiger partial charge in [-0.1, -0.05) is 23.2 Å². The van der Waals surface area contributed by atoms with Crippen LogP contribution in [0.3, 0.4) is 0 Å². The molecule has 0 atom stereocenters. The van der Waals surface area contributed by atoms with Crippen molar-refractivity contribution < 1.29 is 0 Å². The van der Waals surface area contributed by atoms with E-state index < -0.39 is 0 Å². The van der Waals surface area contributed by atoms with Crippen molar-refractivity contribution >= 4 is 45.9 Å². The van der Waals surface area contributed by atoms with Crippen molar-refractivity contribution in [3.63, 3.8) is 0 Å². The summed E-state index contributed by atoms with van der Waals surface area (Å²) in [7, 11) is 1.77. The zero-order chi connectivity index (χ0) is 14.3. The van der Waals surface area contributed by atoms with Crippen LogP contribution in [0.15, 0.2) is 29.2 Å². The van der Waals surface area contributed by atoms with Crippen LogP contribution in [0, 0.1) is 0 Å². The van der Waals surface area contributed by atoms with Crippen LogP contribution in [-0.2, 0) is 0 Å². The fourth-order valence-corrected chi connectivity index (χ4v) is 2.10. The molecule has 2 aromatic heterocycles. The number of hydrogen-bond acceptors (Lipinski definition) is 4. The van der Waals surface area contributed by atoms with E-state index in [1.807, 2.05) is 0 Å². The Balaban J connectivity index is 2.09. The lowest BCUT2D eigenvalue weighted by Crippen LogP contribution is -2.18. The molecule has 3 aromatic rings. The van der Waals surface area contributed by atoms with Gasteiger partial charge in [0.05, 0.1) is 16.2 Å². The van der Waals surface area contributed by atoms with Gasteiger partial charge in [0.15, 0.2) is 0 Å². The van der Waals surface area contributed by atoms with Gasteiger partial charge in [0.2, 0.25) is 5.95 Å². The summed E-state index contributed by atoms with van der Waals surface area (Å²) in [5.41, 5.74) is 1.31. The van der Waals surface area contributed by atoms with Crippen molar-refractivity contribution in [1.29, 1.82) is 0 Å². The lowest BCUT2D eigenvalue weighted by Gasteiger charge is -2.18. The Morgan fingerprint density at radius 1 is 1.25 bits per heavy atom. The van der Waals surface area contributed by atoms with Crippen LogP contribution in [0.4, 0.5) is 11.6 Å². The average Bonchev–Trinajstić information content (AvgIpc) is 2.90. The quantitative estimate of drug-likeness (QED) is 0.763. The topological polar surface area (TPSA) is 77.7 Å². The van der Waals surface area contributed by atoms with Crippen molar-refractivity contribution in [3.05, 3.63) is 44.8 Å². The molecule has 0 saturated carbocycles. The molecule has 0 aliphatic heterocycles. The highest BCUT2D eigenvalue weighted by Gasteiger charge is 2.11. The fraction of sp³-hybridized carbons (Fsp3) is 0.0833. The molecule has 102 valence electrons. The van der Waals surface area contributed by atoms with E-state index in [1.54, 1.807) is 30.1 Å². The summed E-state index contributed by atoms with van der Waals surface area (Å²) in [6.45, 7) is 0. The first-order valence-electron chi connectivity index (χ1n) is 5.68. The molecule has 0 aliphatic rings. The van der Waals surface area contributed by atoms with Crippen molar-refractivity contribution in [3.8, 4) is 0 Å². The largest absolute Gasteiger partial charge is 0.315 e. The lowest BCUT2D eigenvalue weighted by molar-refractivity contribution is 1.04. The van der Waals surface area contributed by atoms with Gasteiger partial charge in [0, 0.05) is 12.7 Å². The van der Waals surface area contributed by atoms with Crippen LogP contribution in [-0.4, -0.2) is 27.2 Å². The minimum atomic E-state index is -0.283. The van der Waals surface area contributed by atoms with Crippen LogP contribution in [0.2, 0.25) is 10.0 Å². The van der Waals surface area contributed by atoms with Crippen molar-refractivity contribution in [2.45, 2.75) is 0 Å². The number of aromatic amines is 2. The predicted molar refractivity (Wildman–Crippen MR) is 79.0 cm³/mol. The molecular formula is C12H9Cl2N5O. The van der Waals surface area contributed by atoms with Gasteiger partial charge in [0.25, 0.3) is 5.56 Å². The Morgan fingerprint density at radius 3 is 2.80 bits per heavy atom. The highest BCUT2D eigenvalue weighted by atomic mass is 35.5. The first kappa shape index (κ1) is 13.0. The SMILES string of the molecule is CN(c1ccc(Cl)c(Cl)c1)c1nc2cn[nH]c2c(=O)[nH]1. The number of nitrogens with one attached hydrogen (secondary N) is 2. The van der Waals surface area contributed by atoms with Crippen LogP contribution < -0.4 is 10.5 Å².